The van der Waals surface area contributed by atoms with E-state index in [1.807, 2.05) is 13.0 Å². The minimum absolute atomic E-state index is 0.354. The van der Waals surface area contributed by atoms with E-state index in [0.717, 1.165) is 17.7 Å². The number of nitrogens with two attached hydrogens (primary N) is 1. The van der Waals surface area contributed by atoms with Crippen molar-refractivity contribution in [2.75, 3.05) is 19.3 Å². The van der Waals surface area contributed by atoms with E-state index in [9.17, 15) is 10.2 Å². The van der Waals surface area contributed by atoms with Gasteiger partial charge in [0.1, 0.15) is 6.10 Å². The lowest BCUT2D eigenvalue weighted by Gasteiger charge is -2.18. The van der Waals surface area contributed by atoms with Gasteiger partial charge in [0.25, 0.3) is 0 Å². The van der Waals surface area contributed by atoms with Gasteiger partial charge in [-0.1, -0.05) is 19.1 Å². The van der Waals surface area contributed by atoms with Gasteiger partial charge in [-0.05, 0) is 30.7 Å². The molecule has 0 aliphatic rings. The van der Waals surface area contributed by atoms with E-state index in [2.05, 4.69) is 5.32 Å². The zero-order valence-corrected chi connectivity index (χ0v) is 9.77. The Morgan fingerprint density at radius 3 is 2.62 bits per heavy atom. The van der Waals surface area contributed by atoms with Gasteiger partial charge in [-0.2, -0.15) is 0 Å². The predicted molar refractivity (Wildman–Crippen MR) is 65.1 cm³/mol. The van der Waals surface area contributed by atoms with E-state index in [1.54, 1.807) is 19.2 Å². The Kier molecular flexibility index (Phi) is 4.73. The number of nitrogens with one attached hydrogen (secondary N) is 1. The Labute approximate surface area is 96.1 Å². The lowest BCUT2D eigenvalue weighted by Crippen LogP contribution is -2.29. The summed E-state index contributed by atoms with van der Waals surface area (Å²) in [4.78, 5) is 0. The number of nitrogen functional groups attached to an aromatic ring is 1. The first-order chi connectivity index (χ1) is 7.60. The molecule has 1 aromatic carbocycles. The largest absolute Gasteiger partial charge is 0.399 e. The van der Waals surface area contributed by atoms with Gasteiger partial charge in [-0.25, -0.2) is 0 Å². The van der Waals surface area contributed by atoms with Gasteiger partial charge in [0, 0.05) is 12.2 Å². The molecule has 1 rings (SSSR count). The van der Waals surface area contributed by atoms with E-state index in [-0.39, 0.29) is 0 Å². The van der Waals surface area contributed by atoms with Crippen molar-refractivity contribution in [3.05, 3.63) is 29.3 Å². The molecular formula is C12H20N2O2. The fraction of sp³-hybridized carbons (Fsp3) is 0.500. The number of aliphatic hydroxyl groups is 2. The first-order valence-electron chi connectivity index (χ1n) is 5.49. The molecule has 1 aromatic rings. The van der Waals surface area contributed by atoms with Gasteiger partial charge in [0.2, 0.25) is 0 Å². The normalized spacial score (nSPS) is 14.8. The van der Waals surface area contributed by atoms with Gasteiger partial charge in [-0.3, -0.25) is 0 Å². The highest BCUT2D eigenvalue weighted by molar-refractivity contribution is 5.49. The van der Waals surface area contributed by atoms with Crippen molar-refractivity contribution < 1.29 is 10.2 Å². The molecule has 2 unspecified atom stereocenters. The fourth-order valence-electron chi connectivity index (χ4n) is 1.66. The molecule has 0 aliphatic carbocycles. The topological polar surface area (TPSA) is 78.5 Å². The molecule has 5 N–H and O–H groups in total. The summed E-state index contributed by atoms with van der Waals surface area (Å²) < 4.78 is 0. The summed E-state index contributed by atoms with van der Waals surface area (Å²) in [5.41, 5.74) is 8.20. The number of aryl methyl sites for hydroxylation is 1. The van der Waals surface area contributed by atoms with E-state index in [0.29, 0.717) is 12.1 Å². The Morgan fingerprint density at radius 1 is 1.38 bits per heavy atom. The van der Waals surface area contributed by atoms with Crippen LogP contribution in [-0.4, -0.2) is 29.9 Å². The molecule has 0 aliphatic heterocycles. The molecule has 0 amide bonds. The van der Waals surface area contributed by atoms with E-state index in [4.69, 9.17) is 5.73 Å². The summed E-state index contributed by atoms with van der Waals surface area (Å²) in [5.74, 6) is 0. The lowest BCUT2D eigenvalue weighted by molar-refractivity contribution is 0.0202. The summed E-state index contributed by atoms with van der Waals surface area (Å²) >= 11 is 0. The first-order valence-corrected chi connectivity index (χ1v) is 5.49. The van der Waals surface area contributed by atoms with Crippen LogP contribution in [0.4, 0.5) is 5.69 Å². The quantitative estimate of drug-likeness (QED) is 0.547. The predicted octanol–water partition coefficient (Wildman–Crippen LogP) is 0.445. The van der Waals surface area contributed by atoms with Crippen molar-refractivity contribution in [1.29, 1.82) is 0 Å². The van der Waals surface area contributed by atoms with Crippen LogP contribution in [0.25, 0.3) is 0 Å². The first kappa shape index (κ1) is 13.0. The summed E-state index contributed by atoms with van der Waals surface area (Å²) in [6, 6.07) is 5.36. The average molecular weight is 224 g/mol. The van der Waals surface area contributed by atoms with Crippen LogP contribution in [0.2, 0.25) is 0 Å². The summed E-state index contributed by atoms with van der Waals surface area (Å²) in [6.07, 6.45) is -0.870. The second-order valence-electron chi connectivity index (χ2n) is 3.88. The third kappa shape index (κ3) is 2.95. The second-order valence-corrected chi connectivity index (χ2v) is 3.88. The molecule has 0 radical (unpaired) electrons. The van der Waals surface area contributed by atoms with E-state index >= 15 is 0 Å². The van der Waals surface area contributed by atoms with Crippen LogP contribution in [0.5, 0.6) is 0 Å². The molecule has 0 saturated heterocycles. The molecular weight excluding hydrogens is 204 g/mol. The Balaban J connectivity index is 2.87. The Morgan fingerprint density at radius 2 is 2.06 bits per heavy atom. The molecule has 90 valence electrons. The third-order valence-corrected chi connectivity index (χ3v) is 2.67. The van der Waals surface area contributed by atoms with E-state index in [1.165, 1.54) is 0 Å². The maximum atomic E-state index is 9.90. The van der Waals surface area contributed by atoms with Gasteiger partial charge in [-0.15, -0.1) is 0 Å². The molecule has 0 heterocycles. The number of likely N-dealkylation sites (N-methyl/N-ethyl adjacent to an activating group) is 1. The van der Waals surface area contributed by atoms with Crippen molar-refractivity contribution >= 4 is 5.69 Å². The standard InChI is InChI=1S/C12H20N2O2/c1-3-8-6-9(4-5-10(8)13)12(16)11(15)7-14-2/h4-6,11-12,14-16H,3,7,13H2,1-2H3. The van der Waals surface area contributed by atoms with E-state index < -0.39 is 12.2 Å². The smallest absolute Gasteiger partial charge is 0.106 e. The lowest BCUT2D eigenvalue weighted by atomic mass is 10.00. The van der Waals surface area contributed by atoms with Crippen molar-refractivity contribution in [3.63, 3.8) is 0 Å². The van der Waals surface area contributed by atoms with Gasteiger partial charge < -0.3 is 21.3 Å². The van der Waals surface area contributed by atoms with Crippen LogP contribution in [0, 0.1) is 0 Å². The van der Waals surface area contributed by atoms with Gasteiger partial charge in [0.05, 0.1) is 6.10 Å². The molecule has 4 nitrogen and oxygen atoms in total. The third-order valence-electron chi connectivity index (χ3n) is 2.67. The maximum Gasteiger partial charge on any atom is 0.106 e. The number of aliphatic hydroxyl groups excluding tert-OH is 2. The van der Waals surface area contributed by atoms with Crippen molar-refractivity contribution in [3.8, 4) is 0 Å². The highest BCUT2D eigenvalue weighted by Gasteiger charge is 2.17. The highest BCUT2D eigenvalue weighted by atomic mass is 16.3. The van der Waals surface area contributed by atoms with Crippen LogP contribution in [0.15, 0.2) is 18.2 Å². The number of anilines is 1. The molecule has 0 saturated carbocycles. The van der Waals surface area contributed by atoms with Crippen LogP contribution in [0.3, 0.4) is 0 Å². The maximum absolute atomic E-state index is 9.90. The molecule has 0 fully saturated rings. The monoisotopic (exact) mass is 224 g/mol. The average Bonchev–Trinajstić information content (AvgIpc) is 2.29. The number of benzene rings is 1. The van der Waals surface area contributed by atoms with Crippen LogP contribution in [-0.2, 0) is 6.42 Å². The van der Waals surface area contributed by atoms with Gasteiger partial charge >= 0.3 is 0 Å². The fourth-order valence-corrected chi connectivity index (χ4v) is 1.66. The number of hydrogen-bond donors (Lipinski definition) is 4. The molecule has 0 spiro atoms. The Bertz CT molecular complexity index is 342. The van der Waals surface area contributed by atoms with Gasteiger partial charge in [0.15, 0.2) is 0 Å². The SMILES string of the molecule is CCc1cc(C(O)C(O)CNC)ccc1N. The minimum atomic E-state index is -0.877. The second kappa shape index (κ2) is 5.84. The van der Waals surface area contributed by atoms with Crippen LogP contribution in [0.1, 0.15) is 24.2 Å². The van der Waals surface area contributed by atoms with Crippen LogP contribution < -0.4 is 11.1 Å². The summed E-state index contributed by atoms with van der Waals surface area (Å²) in [6.45, 7) is 2.36. The molecule has 0 bridgehead atoms. The summed E-state index contributed by atoms with van der Waals surface area (Å²) in [7, 11) is 1.73. The minimum Gasteiger partial charge on any atom is -0.399 e. The summed E-state index contributed by atoms with van der Waals surface area (Å²) in [5, 5.41) is 22.4. The number of rotatable bonds is 5. The highest BCUT2D eigenvalue weighted by Crippen LogP contribution is 2.22. The van der Waals surface area contributed by atoms with Crippen LogP contribution >= 0.6 is 0 Å². The molecule has 2 atom stereocenters. The van der Waals surface area contributed by atoms with Crippen molar-refractivity contribution in [1.82, 2.24) is 5.32 Å². The Hall–Kier alpha value is -1.10. The molecule has 0 aromatic heterocycles. The number of hydrogen-bond acceptors (Lipinski definition) is 4. The zero-order valence-electron chi connectivity index (χ0n) is 9.77. The van der Waals surface area contributed by atoms with Crippen molar-refractivity contribution in [2.45, 2.75) is 25.6 Å². The zero-order chi connectivity index (χ0) is 12.1. The molecule has 16 heavy (non-hydrogen) atoms. The van der Waals surface area contributed by atoms with Crippen molar-refractivity contribution in [2.24, 2.45) is 0 Å². The molecule has 4 heteroatoms.